The van der Waals surface area contributed by atoms with Crippen LogP contribution in [-0.4, -0.2) is 25.7 Å². The van der Waals surface area contributed by atoms with Crippen LogP contribution in [-0.2, 0) is 9.47 Å². The molecule has 3 heteroatoms. The van der Waals surface area contributed by atoms with Crippen molar-refractivity contribution in [3.63, 3.8) is 0 Å². The van der Waals surface area contributed by atoms with Crippen molar-refractivity contribution in [3.05, 3.63) is 36.5 Å². The summed E-state index contributed by atoms with van der Waals surface area (Å²) in [5.41, 5.74) is 1.57. The quantitative estimate of drug-likeness (QED) is 0.224. The van der Waals surface area contributed by atoms with Gasteiger partial charge in [-0.05, 0) is 60.8 Å². The maximum Gasteiger partial charge on any atom is 0.222 e. The van der Waals surface area contributed by atoms with Gasteiger partial charge in [-0.25, -0.2) is 4.39 Å². The van der Waals surface area contributed by atoms with Gasteiger partial charge in [0, 0.05) is 0 Å². The van der Waals surface area contributed by atoms with E-state index >= 15 is 0 Å². The fourth-order valence-electron chi connectivity index (χ4n) is 3.76. The van der Waals surface area contributed by atoms with Crippen LogP contribution in [0.1, 0.15) is 101 Å². The lowest BCUT2D eigenvalue weighted by Gasteiger charge is -2.38. The van der Waals surface area contributed by atoms with Gasteiger partial charge in [-0.1, -0.05) is 92.7 Å². The Morgan fingerprint density at radius 2 is 1.58 bits per heavy atom. The maximum absolute atomic E-state index is 14.4. The molecule has 0 saturated carbocycles. The molecule has 0 N–H and O–H groups in total. The van der Waals surface area contributed by atoms with Gasteiger partial charge in [0.15, 0.2) is 0 Å². The van der Waals surface area contributed by atoms with Crippen molar-refractivity contribution in [1.82, 2.24) is 0 Å². The van der Waals surface area contributed by atoms with E-state index in [0.717, 1.165) is 18.4 Å². The molecule has 0 aliphatic heterocycles. The van der Waals surface area contributed by atoms with Gasteiger partial charge in [-0.15, -0.1) is 0 Å². The van der Waals surface area contributed by atoms with Gasteiger partial charge < -0.3 is 9.47 Å². The summed E-state index contributed by atoms with van der Waals surface area (Å²) >= 11 is 0. The molecule has 2 nitrogen and oxygen atoms in total. The predicted molar refractivity (Wildman–Crippen MR) is 134 cm³/mol. The smallest absolute Gasteiger partial charge is 0.222 e. The zero-order valence-corrected chi connectivity index (χ0v) is 22.0. The summed E-state index contributed by atoms with van der Waals surface area (Å²) in [7, 11) is 0. The molecule has 0 fully saturated rings. The Balaban J connectivity index is 4.69. The van der Waals surface area contributed by atoms with Crippen LogP contribution in [0.4, 0.5) is 4.39 Å². The van der Waals surface area contributed by atoms with Crippen molar-refractivity contribution in [1.29, 1.82) is 0 Å². The topological polar surface area (TPSA) is 18.5 Å². The lowest BCUT2D eigenvalue weighted by Crippen LogP contribution is -2.36. The van der Waals surface area contributed by atoms with Crippen LogP contribution < -0.4 is 0 Å². The third-order valence-electron chi connectivity index (χ3n) is 6.04. The number of hydrogen-bond donors (Lipinski definition) is 0. The Kier molecular flexibility index (Phi) is 13.8. The molecule has 31 heavy (non-hydrogen) atoms. The molecule has 0 saturated heterocycles. The Labute approximate surface area is 193 Å². The summed E-state index contributed by atoms with van der Waals surface area (Å²) in [6.45, 7) is 24.1. The minimum absolute atomic E-state index is 0.0136. The fraction of sp³-hybridized carbons (Fsp3) is 0.786. The van der Waals surface area contributed by atoms with Crippen molar-refractivity contribution < 1.29 is 13.9 Å². The highest BCUT2D eigenvalue weighted by Gasteiger charge is 2.33. The van der Waals surface area contributed by atoms with E-state index in [9.17, 15) is 4.39 Å². The van der Waals surface area contributed by atoms with Gasteiger partial charge in [0.05, 0.1) is 12.7 Å². The Morgan fingerprint density at radius 3 is 2.10 bits per heavy atom. The lowest BCUT2D eigenvalue weighted by atomic mass is 9.72. The average Bonchev–Trinajstić information content (AvgIpc) is 2.65. The normalized spacial score (nSPS) is 16.0. The van der Waals surface area contributed by atoms with E-state index in [4.69, 9.17) is 9.47 Å². The molecule has 0 aromatic carbocycles. The van der Waals surface area contributed by atoms with E-state index in [1.165, 1.54) is 19.3 Å². The second-order valence-electron chi connectivity index (χ2n) is 11.5. The molecule has 0 aromatic heterocycles. The molecule has 0 aliphatic rings. The number of rotatable bonds is 16. The molecular weight excluding hydrogens is 387 g/mol. The molecule has 2 atom stereocenters. The molecule has 2 unspecified atom stereocenters. The highest BCUT2D eigenvalue weighted by molar-refractivity contribution is 5.20. The van der Waals surface area contributed by atoms with Gasteiger partial charge >= 0.3 is 0 Å². The second-order valence-corrected chi connectivity index (χ2v) is 11.5. The number of ether oxygens (including phenoxy) is 2. The van der Waals surface area contributed by atoms with E-state index < -0.39 is 6.36 Å². The number of alkyl halides is 1. The molecular formula is C28H51FO2. The summed E-state index contributed by atoms with van der Waals surface area (Å²) < 4.78 is 25.8. The largest absolute Gasteiger partial charge is 0.372 e. The lowest BCUT2D eigenvalue weighted by molar-refractivity contribution is -0.130. The fourth-order valence-corrected chi connectivity index (χ4v) is 3.76. The molecule has 0 aliphatic carbocycles. The van der Waals surface area contributed by atoms with Gasteiger partial charge in [-0.3, -0.25) is 0 Å². The monoisotopic (exact) mass is 438 g/mol. The third-order valence-corrected chi connectivity index (χ3v) is 6.04. The predicted octanol–water partition coefficient (Wildman–Crippen LogP) is 8.83. The molecule has 0 bridgehead atoms. The van der Waals surface area contributed by atoms with E-state index in [1.807, 2.05) is 25.2 Å². The second kappa shape index (κ2) is 14.3. The SMILES string of the molecule is C=C/C=C\C(=C/C)CCOC(F)COC(CC(C)(C)CCC(C)(C)CCC)C(C)(C)C. The highest BCUT2D eigenvalue weighted by atomic mass is 19.1. The van der Waals surface area contributed by atoms with Crippen molar-refractivity contribution in [2.75, 3.05) is 13.2 Å². The number of allylic oxidation sites excluding steroid dienone is 4. The summed E-state index contributed by atoms with van der Waals surface area (Å²) in [5, 5.41) is 0. The number of halogens is 1. The van der Waals surface area contributed by atoms with Crippen LogP contribution in [0, 0.1) is 16.2 Å². The highest BCUT2D eigenvalue weighted by Crippen LogP contribution is 2.40. The van der Waals surface area contributed by atoms with Gasteiger partial charge in [0.2, 0.25) is 6.36 Å². The Bertz CT molecular complexity index is 552. The van der Waals surface area contributed by atoms with Crippen molar-refractivity contribution in [3.8, 4) is 0 Å². The first-order chi connectivity index (χ1) is 14.3. The first-order valence-corrected chi connectivity index (χ1v) is 12.1. The summed E-state index contributed by atoms with van der Waals surface area (Å²) in [4.78, 5) is 0. The summed E-state index contributed by atoms with van der Waals surface area (Å²) in [6, 6.07) is 0. The standard InChI is InChI=1S/C28H51FO2/c1-11-14-15-23(13-3)16-20-30-25(29)22-31-24(26(4,5)6)21-28(9,10)19-18-27(7,8)17-12-2/h11,13-15,24-25H,1,12,16-22H2,2-10H3/b15-14-,23-13+. The van der Waals surface area contributed by atoms with E-state index in [1.54, 1.807) is 6.08 Å². The minimum Gasteiger partial charge on any atom is -0.372 e. The van der Waals surface area contributed by atoms with Crippen LogP contribution in [0.5, 0.6) is 0 Å². The third kappa shape index (κ3) is 14.7. The van der Waals surface area contributed by atoms with Gasteiger partial charge in [0.1, 0.15) is 6.61 Å². The molecule has 182 valence electrons. The summed E-state index contributed by atoms with van der Waals surface area (Å²) in [5.74, 6) is 0. The van der Waals surface area contributed by atoms with E-state index in [2.05, 4.69) is 62.0 Å². The van der Waals surface area contributed by atoms with Crippen LogP contribution >= 0.6 is 0 Å². The maximum atomic E-state index is 14.4. The molecule has 0 spiro atoms. The first-order valence-electron chi connectivity index (χ1n) is 12.1. The average molecular weight is 439 g/mol. The van der Waals surface area contributed by atoms with Gasteiger partial charge in [-0.2, -0.15) is 0 Å². The molecule has 0 amide bonds. The number of hydrogen-bond acceptors (Lipinski definition) is 2. The minimum atomic E-state index is -1.40. The van der Waals surface area contributed by atoms with Crippen molar-refractivity contribution in [2.24, 2.45) is 16.2 Å². The first kappa shape index (κ1) is 30.1. The van der Waals surface area contributed by atoms with Crippen LogP contribution in [0.3, 0.4) is 0 Å². The molecule has 0 heterocycles. The zero-order chi connectivity index (χ0) is 24.1. The van der Waals surface area contributed by atoms with E-state index in [-0.39, 0.29) is 23.5 Å². The van der Waals surface area contributed by atoms with Crippen LogP contribution in [0.25, 0.3) is 0 Å². The zero-order valence-electron chi connectivity index (χ0n) is 22.0. The van der Waals surface area contributed by atoms with Crippen molar-refractivity contribution in [2.45, 2.75) is 113 Å². The van der Waals surface area contributed by atoms with Crippen molar-refractivity contribution >= 4 is 0 Å². The van der Waals surface area contributed by atoms with Crippen LogP contribution in [0.15, 0.2) is 36.5 Å². The molecule has 0 aromatic rings. The van der Waals surface area contributed by atoms with E-state index in [0.29, 0.717) is 18.4 Å². The molecule has 0 radical (unpaired) electrons. The van der Waals surface area contributed by atoms with Crippen LogP contribution in [0.2, 0.25) is 0 Å². The van der Waals surface area contributed by atoms with Gasteiger partial charge in [0.25, 0.3) is 0 Å². The molecule has 0 rings (SSSR count). The Hall–Kier alpha value is -0.930. The Morgan fingerprint density at radius 1 is 0.968 bits per heavy atom. The summed E-state index contributed by atoms with van der Waals surface area (Å²) in [6.07, 6.45) is 12.6.